The van der Waals surface area contributed by atoms with Crippen LogP contribution in [0, 0.1) is 22.2 Å². The Morgan fingerprint density at radius 1 is 1.29 bits per heavy atom. The summed E-state index contributed by atoms with van der Waals surface area (Å²) >= 11 is 0. The molecule has 1 aromatic rings. The summed E-state index contributed by atoms with van der Waals surface area (Å²) < 4.78 is 0. The van der Waals surface area contributed by atoms with Crippen molar-refractivity contribution < 1.29 is 4.79 Å². The molecule has 4 heteroatoms. The lowest BCUT2D eigenvalue weighted by molar-refractivity contribution is -0.170. The van der Waals surface area contributed by atoms with Gasteiger partial charge in [0.05, 0.1) is 17.7 Å². The number of hydrogen-bond acceptors (Lipinski definition) is 2. The predicted octanol–water partition coefficient (Wildman–Crippen LogP) is 3.02. The van der Waals surface area contributed by atoms with Crippen molar-refractivity contribution in [1.82, 2.24) is 15.5 Å². The molecular formula is C17H25N3O. The highest BCUT2D eigenvalue weighted by Gasteiger charge is 2.62. The van der Waals surface area contributed by atoms with Crippen LogP contribution < -0.4 is 5.32 Å². The SMILES string of the molecule is CC12CC3CC(C)(C1)CC(C(=O)NCc1ccn[nH]1)(C3)C2. The quantitative estimate of drug-likeness (QED) is 0.897. The van der Waals surface area contributed by atoms with Crippen LogP contribution in [0.2, 0.25) is 0 Å². The van der Waals surface area contributed by atoms with Gasteiger partial charge in [-0.3, -0.25) is 9.89 Å². The summed E-state index contributed by atoms with van der Waals surface area (Å²) in [5.41, 5.74) is 1.65. The maximum atomic E-state index is 12.9. The number of H-pyrrole nitrogens is 1. The van der Waals surface area contributed by atoms with Gasteiger partial charge in [-0.15, -0.1) is 0 Å². The fourth-order valence-electron chi connectivity index (χ4n) is 6.45. The van der Waals surface area contributed by atoms with E-state index in [1.807, 2.05) is 6.07 Å². The molecule has 0 aromatic carbocycles. The molecule has 5 rings (SSSR count). The zero-order chi connectivity index (χ0) is 14.7. The Hall–Kier alpha value is -1.32. The van der Waals surface area contributed by atoms with E-state index < -0.39 is 0 Å². The zero-order valence-corrected chi connectivity index (χ0v) is 13.0. The minimum Gasteiger partial charge on any atom is -0.350 e. The fraction of sp³-hybridized carbons (Fsp3) is 0.765. The van der Waals surface area contributed by atoms with E-state index in [0.717, 1.165) is 30.9 Å². The van der Waals surface area contributed by atoms with Crippen LogP contribution in [0.3, 0.4) is 0 Å². The molecule has 0 aliphatic heterocycles. The van der Waals surface area contributed by atoms with E-state index in [1.54, 1.807) is 6.20 Å². The van der Waals surface area contributed by atoms with Gasteiger partial charge in [0.15, 0.2) is 0 Å². The summed E-state index contributed by atoms with van der Waals surface area (Å²) in [4.78, 5) is 12.9. The van der Waals surface area contributed by atoms with E-state index >= 15 is 0 Å². The van der Waals surface area contributed by atoms with Gasteiger partial charge in [-0.25, -0.2) is 0 Å². The number of nitrogens with one attached hydrogen (secondary N) is 2. The molecule has 2 atom stereocenters. The smallest absolute Gasteiger partial charge is 0.226 e. The average molecular weight is 287 g/mol. The number of nitrogens with zero attached hydrogens (tertiary/aromatic N) is 1. The normalized spacial score (nSPS) is 44.0. The molecule has 1 amide bonds. The highest BCUT2D eigenvalue weighted by molar-refractivity contribution is 5.83. The van der Waals surface area contributed by atoms with Crippen LogP contribution >= 0.6 is 0 Å². The third kappa shape index (κ3) is 2.11. The Labute approximate surface area is 126 Å². The minimum absolute atomic E-state index is 0.108. The van der Waals surface area contributed by atoms with E-state index in [2.05, 4.69) is 29.4 Å². The van der Waals surface area contributed by atoms with Gasteiger partial charge in [0, 0.05) is 6.20 Å². The molecule has 2 N–H and O–H groups in total. The first kappa shape index (κ1) is 13.4. The number of carbonyl (C=O) groups is 1. The summed E-state index contributed by atoms with van der Waals surface area (Å²) in [6.45, 7) is 5.39. The Morgan fingerprint density at radius 3 is 2.57 bits per heavy atom. The van der Waals surface area contributed by atoms with E-state index in [-0.39, 0.29) is 11.3 Å². The van der Waals surface area contributed by atoms with Crippen molar-refractivity contribution in [2.75, 3.05) is 0 Å². The number of amides is 1. The van der Waals surface area contributed by atoms with Crippen LogP contribution in [0.5, 0.6) is 0 Å². The largest absolute Gasteiger partial charge is 0.350 e. The third-order valence-corrected chi connectivity index (χ3v) is 6.11. The second kappa shape index (κ2) is 4.11. The third-order valence-electron chi connectivity index (χ3n) is 6.11. The second-order valence-electron chi connectivity index (χ2n) is 8.67. The number of rotatable bonds is 3. The van der Waals surface area contributed by atoms with Crippen molar-refractivity contribution in [3.63, 3.8) is 0 Å². The molecule has 4 aliphatic rings. The highest BCUT2D eigenvalue weighted by atomic mass is 16.2. The molecule has 4 saturated carbocycles. The number of carbonyl (C=O) groups excluding carboxylic acids is 1. The molecule has 0 radical (unpaired) electrons. The molecule has 1 aromatic heterocycles. The fourth-order valence-corrected chi connectivity index (χ4v) is 6.45. The topological polar surface area (TPSA) is 57.8 Å². The summed E-state index contributed by atoms with van der Waals surface area (Å²) in [5.74, 6) is 1.04. The van der Waals surface area contributed by atoms with Gasteiger partial charge >= 0.3 is 0 Å². The highest BCUT2D eigenvalue weighted by Crippen LogP contribution is 2.69. The summed E-state index contributed by atoms with van der Waals surface area (Å²) in [5, 5.41) is 10.0. The predicted molar refractivity (Wildman–Crippen MR) is 80.3 cm³/mol. The molecule has 21 heavy (non-hydrogen) atoms. The lowest BCUT2D eigenvalue weighted by atomic mass is 9.40. The zero-order valence-electron chi connectivity index (χ0n) is 13.0. The summed E-state index contributed by atoms with van der Waals surface area (Å²) in [7, 11) is 0. The molecule has 4 bridgehead atoms. The first-order chi connectivity index (χ1) is 9.91. The first-order valence-corrected chi connectivity index (χ1v) is 8.17. The van der Waals surface area contributed by atoms with Crippen LogP contribution in [0.4, 0.5) is 0 Å². The lowest BCUT2D eigenvalue weighted by Crippen LogP contribution is -2.59. The van der Waals surface area contributed by atoms with E-state index in [9.17, 15) is 4.79 Å². The number of aromatic amines is 1. The van der Waals surface area contributed by atoms with Gasteiger partial charge in [0.2, 0.25) is 5.91 Å². The molecule has 114 valence electrons. The van der Waals surface area contributed by atoms with Crippen molar-refractivity contribution in [3.8, 4) is 0 Å². The van der Waals surface area contributed by atoms with E-state index in [0.29, 0.717) is 17.4 Å². The Balaban J connectivity index is 1.54. The molecule has 0 saturated heterocycles. The summed E-state index contributed by atoms with van der Waals surface area (Å²) in [6, 6.07) is 1.92. The molecule has 0 spiro atoms. The van der Waals surface area contributed by atoms with Gasteiger partial charge < -0.3 is 5.32 Å². The molecule has 1 heterocycles. The van der Waals surface area contributed by atoms with Crippen molar-refractivity contribution in [3.05, 3.63) is 18.0 Å². The Bertz CT molecular complexity index is 547. The molecule has 4 fully saturated rings. The Morgan fingerprint density at radius 2 is 2.00 bits per heavy atom. The number of hydrogen-bond donors (Lipinski definition) is 2. The number of aromatic nitrogens is 2. The Kier molecular flexibility index (Phi) is 2.61. The van der Waals surface area contributed by atoms with Gasteiger partial charge in [-0.1, -0.05) is 13.8 Å². The van der Waals surface area contributed by atoms with Gasteiger partial charge in [0.25, 0.3) is 0 Å². The van der Waals surface area contributed by atoms with Crippen molar-refractivity contribution in [1.29, 1.82) is 0 Å². The average Bonchev–Trinajstić information content (AvgIpc) is 2.84. The van der Waals surface area contributed by atoms with Crippen LogP contribution in [-0.4, -0.2) is 16.1 Å². The first-order valence-electron chi connectivity index (χ1n) is 8.17. The molecular weight excluding hydrogens is 262 g/mol. The maximum Gasteiger partial charge on any atom is 0.226 e. The van der Waals surface area contributed by atoms with Crippen molar-refractivity contribution in [2.45, 2.75) is 58.9 Å². The summed E-state index contributed by atoms with van der Waals surface area (Å²) in [6.07, 6.45) is 8.98. The van der Waals surface area contributed by atoms with E-state index in [4.69, 9.17) is 0 Å². The van der Waals surface area contributed by atoms with Crippen LogP contribution in [-0.2, 0) is 11.3 Å². The molecule has 4 nitrogen and oxygen atoms in total. The minimum atomic E-state index is -0.108. The van der Waals surface area contributed by atoms with Gasteiger partial charge in [-0.2, -0.15) is 5.10 Å². The second-order valence-corrected chi connectivity index (χ2v) is 8.67. The monoisotopic (exact) mass is 287 g/mol. The van der Waals surface area contributed by atoms with Gasteiger partial charge in [0.1, 0.15) is 0 Å². The van der Waals surface area contributed by atoms with Crippen molar-refractivity contribution in [2.24, 2.45) is 22.2 Å². The van der Waals surface area contributed by atoms with Crippen LogP contribution in [0.1, 0.15) is 58.1 Å². The van der Waals surface area contributed by atoms with Crippen LogP contribution in [0.15, 0.2) is 12.3 Å². The van der Waals surface area contributed by atoms with Gasteiger partial charge in [-0.05, 0) is 61.3 Å². The van der Waals surface area contributed by atoms with Crippen LogP contribution in [0.25, 0.3) is 0 Å². The lowest BCUT2D eigenvalue weighted by Gasteiger charge is -2.64. The standard InChI is InChI=1S/C17H25N3O/c1-15-5-12-6-16(2,9-15)11-17(7-12,10-15)14(21)18-8-13-3-4-19-20-13/h3-4,12H,5-11H2,1-2H3,(H,18,21)(H,19,20). The molecule has 2 unspecified atom stereocenters. The van der Waals surface area contributed by atoms with E-state index in [1.165, 1.54) is 19.3 Å². The maximum absolute atomic E-state index is 12.9. The molecule has 4 aliphatic carbocycles. The van der Waals surface area contributed by atoms with Crippen molar-refractivity contribution >= 4 is 5.91 Å².